The van der Waals surface area contributed by atoms with E-state index in [-0.39, 0.29) is 5.41 Å². The zero-order chi connectivity index (χ0) is 14.0. The molecule has 2 rings (SSSR count). The Morgan fingerprint density at radius 2 is 1.63 bits per heavy atom. The second-order valence-electron chi connectivity index (χ2n) is 7.24. The van der Waals surface area contributed by atoms with Crippen LogP contribution in [0.3, 0.4) is 0 Å². The zero-order valence-corrected chi connectivity index (χ0v) is 13.2. The normalized spacial score (nSPS) is 19.8. The molecule has 106 valence electrons. The van der Waals surface area contributed by atoms with Gasteiger partial charge in [-0.05, 0) is 49.1 Å². The molecule has 0 heterocycles. The van der Waals surface area contributed by atoms with E-state index in [0.717, 1.165) is 5.92 Å². The fraction of sp³-hybridized carbons (Fsp3) is 0.667. The third kappa shape index (κ3) is 3.60. The summed E-state index contributed by atoms with van der Waals surface area (Å²) in [7, 11) is 0. The van der Waals surface area contributed by atoms with Crippen LogP contribution in [0.1, 0.15) is 71.0 Å². The molecule has 0 spiro atoms. The summed E-state index contributed by atoms with van der Waals surface area (Å²) >= 11 is 0. The second-order valence-corrected chi connectivity index (χ2v) is 7.24. The van der Waals surface area contributed by atoms with Crippen LogP contribution in [-0.4, -0.2) is 6.04 Å². The number of hydrogen-bond donors (Lipinski definition) is 1. The maximum atomic E-state index is 3.76. The van der Waals surface area contributed by atoms with Crippen molar-refractivity contribution in [1.82, 2.24) is 5.32 Å². The van der Waals surface area contributed by atoms with Gasteiger partial charge >= 0.3 is 0 Å². The molecular formula is C18H29N. The standard InChI is InChI=1S/C18H29N/c1-13(15-7-6-8-15)19-14(2)16-9-11-17(12-10-16)18(3,4)5/h9-15,19H,6-8H2,1-5H3. The molecule has 1 heteroatoms. The third-order valence-corrected chi connectivity index (χ3v) is 4.65. The van der Waals surface area contributed by atoms with Crippen LogP contribution in [0.2, 0.25) is 0 Å². The Hall–Kier alpha value is -0.820. The van der Waals surface area contributed by atoms with Gasteiger partial charge in [-0.1, -0.05) is 51.5 Å². The first-order valence-corrected chi connectivity index (χ1v) is 7.74. The van der Waals surface area contributed by atoms with Gasteiger partial charge in [0.15, 0.2) is 0 Å². The largest absolute Gasteiger partial charge is 0.307 e. The van der Waals surface area contributed by atoms with E-state index in [4.69, 9.17) is 0 Å². The van der Waals surface area contributed by atoms with Gasteiger partial charge in [-0.2, -0.15) is 0 Å². The van der Waals surface area contributed by atoms with Crippen molar-refractivity contribution in [2.45, 2.75) is 71.4 Å². The smallest absolute Gasteiger partial charge is 0.0294 e. The van der Waals surface area contributed by atoms with E-state index in [2.05, 4.69) is 64.2 Å². The number of benzene rings is 1. The molecular weight excluding hydrogens is 230 g/mol. The predicted octanol–water partition coefficient (Wildman–Crippen LogP) is 4.82. The minimum atomic E-state index is 0.244. The molecule has 0 bridgehead atoms. The van der Waals surface area contributed by atoms with Crippen LogP contribution in [0.4, 0.5) is 0 Å². The molecule has 1 saturated carbocycles. The van der Waals surface area contributed by atoms with Crippen LogP contribution in [0.15, 0.2) is 24.3 Å². The van der Waals surface area contributed by atoms with E-state index >= 15 is 0 Å². The van der Waals surface area contributed by atoms with E-state index in [9.17, 15) is 0 Å². The maximum Gasteiger partial charge on any atom is 0.0294 e. The molecule has 0 aliphatic heterocycles. The molecule has 1 fully saturated rings. The molecule has 1 aromatic rings. The summed E-state index contributed by atoms with van der Waals surface area (Å²) in [5, 5.41) is 3.76. The molecule has 0 radical (unpaired) electrons. The lowest BCUT2D eigenvalue weighted by Gasteiger charge is -2.34. The average molecular weight is 259 g/mol. The SMILES string of the molecule is CC(NC(C)C1CCC1)c1ccc(C(C)(C)C)cc1. The van der Waals surface area contributed by atoms with Gasteiger partial charge in [-0.25, -0.2) is 0 Å². The summed E-state index contributed by atoms with van der Waals surface area (Å²) in [5.41, 5.74) is 3.06. The van der Waals surface area contributed by atoms with Gasteiger partial charge in [-0.3, -0.25) is 0 Å². The first kappa shape index (κ1) is 14.6. The first-order chi connectivity index (χ1) is 8.88. The van der Waals surface area contributed by atoms with Gasteiger partial charge < -0.3 is 5.32 Å². The van der Waals surface area contributed by atoms with Gasteiger partial charge in [0.2, 0.25) is 0 Å². The second kappa shape index (κ2) is 5.66. The summed E-state index contributed by atoms with van der Waals surface area (Å²) in [6.07, 6.45) is 4.24. The van der Waals surface area contributed by atoms with Crippen LogP contribution in [0, 0.1) is 5.92 Å². The van der Waals surface area contributed by atoms with E-state index in [0.29, 0.717) is 12.1 Å². The van der Waals surface area contributed by atoms with Crippen molar-refractivity contribution >= 4 is 0 Å². The minimum Gasteiger partial charge on any atom is -0.307 e. The van der Waals surface area contributed by atoms with Crippen LogP contribution in [0.5, 0.6) is 0 Å². The van der Waals surface area contributed by atoms with Gasteiger partial charge in [0.1, 0.15) is 0 Å². The van der Waals surface area contributed by atoms with Crippen molar-refractivity contribution in [3.63, 3.8) is 0 Å². The Bertz CT molecular complexity index is 395. The van der Waals surface area contributed by atoms with Crippen molar-refractivity contribution in [2.75, 3.05) is 0 Å². The lowest BCUT2D eigenvalue weighted by Crippen LogP contribution is -2.38. The van der Waals surface area contributed by atoms with Crippen LogP contribution in [-0.2, 0) is 5.41 Å². The van der Waals surface area contributed by atoms with Gasteiger partial charge in [0, 0.05) is 12.1 Å². The molecule has 1 N–H and O–H groups in total. The Labute approximate surface area is 118 Å². The molecule has 1 aromatic carbocycles. The third-order valence-electron chi connectivity index (χ3n) is 4.65. The Morgan fingerprint density at radius 1 is 1.05 bits per heavy atom. The summed E-state index contributed by atoms with van der Waals surface area (Å²) in [6.45, 7) is 11.4. The minimum absolute atomic E-state index is 0.244. The quantitative estimate of drug-likeness (QED) is 0.817. The first-order valence-electron chi connectivity index (χ1n) is 7.74. The highest BCUT2D eigenvalue weighted by molar-refractivity contribution is 5.29. The van der Waals surface area contributed by atoms with Crippen molar-refractivity contribution < 1.29 is 0 Å². The van der Waals surface area contributed by atoms with E-state index in [1.165, 1.54) is 30.4 Å². The Kier molecular flexibility index (Phi) is 4.35. The highest BCUT2D eigenvalue weighted by atomic mass is 14.9. The number of nitrogens with one attached hydrogen (secondary N) is 1. The van der Waals surface area contributed by atoms with Crippen LogP contribution in [0.25, 0.3) is 0 Å². The van der Waals surface area contributed by atoms with Crippen molar-refractivity contribution in [3.05, 3.63) is 35.4 Å². The highest BCUT2D eigenvalue weighted by Gasteiger charge is 2.25. The van der Waals surface area contributed by atoms with Gasteiger partial charge in [-0.15, -0.1) is 0 Å². The summed E-state index contributed by atoms with van der Waals surface area (Å²) < 4.78 is 0. The number of rotatable bonds is 4. The van der Waals surface area contributed by atoms with Crippen molar-refractivity contribution in [2.24, 2.45) is 5.92 Å². The summed E-state index contributed by atoms with van der Waals surface area (Å²) in [5.74, 6) is 0.899. The molecule has 1 nitrogen and oxygen atoms in total. The molecule has 0 amide bonds. The van der Waals surface area contributed by atoms with E-state index < -0.39 is 0 Å². The topological polar surface area (TPSA) is 12.0 Å². The fourth-order valence-electron chi connectivity index (χ4n) is 2.84. The molecule has 0 saturated heterocycles. The Balaban J connectivity index is 1.97. The average Bonchev–Trinajstić information content (AvgIpc) is 2.25. The zero-order valence-electron chi connectivity index (χ0n) is 13.2. The molecule has 1 aliphatic rings. The highest BCUT2D eigenvalue weighted by Crippen LogP contribution is 2.31. The van der Waals surface area contributed by atoms with Gasteiger partial charge in [0.05, 0.1) is 0 Å². The number of hydrogen-bond acceptors (Lipinski definition) is 1. The predicted molar refractivity (Wildman–Crippen MR) is 83.5 cm³/mol. The van der Waals surface area contributed by atoms with E-state index in [1.54, 1.807) is 0 Å². The maximum absolute atomic E-state index is 3.76. The van der Waals surface area contributed by atoms with Gasteiger partial charge in [0.25, 0.3) is 0 Å². The van der Waals surface area contributed by atoms with Crippen LogP contribution >= 0.6 is 0 Å². The van der Waals surface area contributed by atoms with Crippen molar-refractivity contribution in [1.29, 1.82) is 0 Å². The lowest BCUT2D eigenvalue weighted by atomic mass is 9.80. The molecule has 1 aliphatic carbocycles. The summed E-state index contributed by atoms with van der Waals surface area (Å²) in [4.78, 5) is 0. The molecule has 0 aromatic heterocycles. The molecule has 2 unspecified atom stereocenters. The van der Waals surface area contributed by atoms with Crippen molar-refractivity contribution in [3.8, 4) is 0 Å². The monoisotopic (exact) mass is 259 g/mol. The fourth-order valence-corrected chi connectivity index (χ4v) is 2.84. The molecule has 2 atom stereocenters. The summed E-state index contributed by atoms with van der Waals surface area (Å²) in [6, 6.07) is 10.2. The Morgan fingerprint density at radius 3 is 2.05 bits per heavy atom. The van der Waals surface area contributed by atoms with E-state index in [1.807, 2.05) is 0 Å². The van der Waals surface area contributed by atoms with Crippen LogP contribution < -0.4 is 5.32 Å². The lowest BCUT2D eigenvalue weighted by molar-refractivity contribution is 0.230. The molecule has 19 heavy (non-hydrogen) atoms.